The Labute approximate surface area is 169 Å². The molecule has 0 bridgehead atoms. The molecule has 5 nitrogen and oxygen atoms in total. The van der Waals surface area contributed by atoms with Crippen molar-refractivity contribution in [2.75, 3.05) is 33.9 Å². The molecule has 2 aliphatic heterocycles. The number of piperidine rings is 1. The van der Waals surface area contributed by atoms with E-state index < -0.39 is 0 Å². The first-order chi connectivity index (χ1) is 13.7. The van der Waals surface area contributed by atoms with Crippen LogP contribution in [0.1, 0.15) is 56.9 Å². The Morgan fingerprint density at radius 1 is 1.00 bits per heavy atom. The van der Waals surface area contributed by atoms with Gasteiger partial charge in [-0.2, -0.15) is 0 Å². The summed E-state index contributed by atoms with van der Waals surface area (Å²) in [6.07, 6.45) is 9.45. The largest absolute Gasteiger partial charge is 0.496 e. The average Bonchev–Trinajstić information content (AvgIpc) is 3.14. The van der Waals surface area contributed by atoms with Gasteiger partial charge in [0, 0.05) is 25.7 Å². The number of benzene rings is 1. The molecule has 1 aliphatic carbocycles. The van der Waals surface area contributed by atoms with Gasteiger partial charge < -0.3 is 14.4 Å². The van der Waals surface area contributed by atoms with E-state index in [1.807, 2.05) is 18.2 Å². The predicted molar refractivity (Wildman–Crippen MR) is 110 cm³/mol. The van der Waals surface area contributed by atoms with Gasteiger partial charge in [0.2, 0.25) is 5.91 Å². The Morgan fingerprint density at radius 2 is 1.71 bits per heavy atom. The summed E-state index contributed by atoms with van der Waals surface area (Å²) in [7, 11) is 3.41. The smallest absolute Gasteiger partial charge is 0.230 e. The second kappa shape index (κ2) is 8.32. The maximum atomic E-state index is 13.5. The maximum absolute atomic E-state index is 13.5. The van der Waals surface area contributed by atoms with Gasteiger partial charge in [0.05, 0.1) is 25.2 Å². The summed E-state index contributed by atoms with van der Waals surface area (Å²) >= 11 is 0. The van der Waals surface area contributed by atoms with E-state index in [2.05, 4.69) is 9.80 Å². The van der Waals surface area contributed by atoms with Gasteiger partial charge in [-0.1, -0.05) is 25.3 Å². The molecule has 1 aromatic carbocycles. The lowest BCUT2D eigenvalue weighted by atomic mass is 9.77. The van der Waals surface area contributed by atoms with E-state index in [-0.39, 0.29) is 5.41 Å². The normalized spacial score (nSPS) is 26.8. The number of hydrogen-bond donors (Lipinski definition) is 0. The lowest BCUT2D eigenvalue weighted by molar-refractivity contribution is -0.149. The van der Waals surface area contributed by atoms with E-state index in [0.717, 1.165) is 62.5 Å². The highest BCUT2D eigenvalue weighted by atomic mass is 16.5. The summed E-state index contributed by atoms with van der Waals surface area (Å²) < 4.78 is 11.1. The Kier molecular flexibility index (Phi) is 5.81. The summed E-state index contributed by atoms with van der Waals surface area (Å²) in [5.74, 6) is 2.15. The minimum atomic E-state index is -0.176. The Hall–Kier alpha value is -1.75. The highest BCUT2D eigenvalue weighted by Gasteiger charge is 2.49. The van der Waals surface area contributed by atoms with Crippen molar-refractivity contribution < 1.29 is 14.3 Å². The van der Waals surface area contributed by atoms with Crippen LogP contribution in [0.3, 0.4) is 0 Å². The molecule has 1 atom stereocenters. The van der Waals surface area contributed by atoms with Crippen molar-refractivity contribution in [1.29, 1.82) is 0 Å². The molecular formula is C23H34N2O3. The summed E-state index contributed by atoms with van der Waals surface area (Å²) in [6.45, 7) is 3.55. The van der Waals surface area contributed by atoms with Crippen molar-refractivity contribution >= 4 is 5.91 Å². The molecule has 1 aromatic rings. The Bertz CT molecular complexity index is 679. The quantitative estimate of drug-likeness (QED) is 0.771. The summed E-state index contributed by atoms with van der Waals surface area (Å²) in [5, 5.41) is 0. The zero-order valence-electron chi connectivity index (χ0n) is 17.4. The molecule has 0 radical (unpaired) electrons. The first-order valence-corrected chi connectivity index (χ1v) is 10.9. The van der Waals surface area contributed by atoms with Crippen LogP contribution in [0.25, 0.3) is 0 Å². The molecule has 1 spiro atoms. The minimum Gasteiger partial charge on any atom is -0.496 e. The first-order valence-electron chi connectivity index (χ1n) is 10.9. The third-order valence-electron chi connectivity index (χ3n) is 7.13. The van der Waals surface area contributed by atoms with Crippen LogP contribution >= 0.6 is 0 Å². The van der Waals surface area contributed by atoms with Crippen LogP contribution in [0.2, 0.25) is 0 Å². The van der Waals surface area contributed by atoms with Gasteiger partial charge in [-0.05, 0) is 50.8 Å². The van der Waals surface area contributed by atoms with Crippen LogP contribution in [0.5, 0.6) is 11.5 Å². The molecule has 1 saturated carbocycles. The van der Waals surface area contributed by atoms with Crippen molar-refractivity contribution in [2.45, 2.75) is 64.0 Å². The third-order valence-corrected chi connectivity index (χ3v) is 7.13. The van der Waals surface area contributed by atoms with Crippen LogP contribution in [0.15, 0.2) is 18.2 Å². The van der Waals surface area contributed by atoms with E-state index in [9.17, 15) is 4.79 Å². The van der Waals surface area contributed by atoms with Gasteiger partial charge in [0.1, 0.15) is 11.5 Å². The fraction of sp³-hybridized carbons (Fsp3) is 0.696. The first kappa shape index (κ1) is 19.6. The monoisotopic (exact) mass is 386 g/mol. The molecule has 154 valence electrons. The summed E-state index contributed by atoms with van der Waals surface area (Å²) in [5.41, 5.74) is 0.905. The van der Waals surface area contributed by atoms with Gasteiger partial charge in [-0.15, -0.1) is 0 Å². The Morgan fingerprint density at radius 3 is 2.39 bits per heavy atom. The van der Waals surface area contributed by atoms with Crippen molar-refractivity contribution in [2.24, 2.45) is 5.41 Å². The topological polar surface area (TPSA) is 42.0 Å². The molecule has 0 N–H and O–H groups in total. The molecule has 28 heavy (non-hydrogen) atoms. The van der Waals surface area contributed by atoms with E-state index in [0.29, 0.717) is 11.9 Å². The number of carbonyl (C=O) groups excluding carboxylic acids is 1. The van der Waals surface area contributed by atoms with Crippen molar-refractivity contribution in [3.05, 3.63) is 23.8 Å². The van der Waals surface area contributed by atoms with Crippen LogP contribution in [-0.4, -0.2) is 55.6 Å². The molecule has 0 aromatic heterocycles. The van der Waals surface area contributed by atoms with Gasteiger partial charge in [-0.25, -0.2) is 0 Å². The van der Waals surface area contributed by atoms with Crippen molar-refractivity contribution in [3.8, 4) is 11.5 Å². The molecule has 3 fully saturated rings. The number of carbonyl (C=O) groups is 1. The fourth-order valence-corrected chi connectivity index (χ4v) is 5.62. The molecule has 3 aliphatic rings. The predicted octanol–water partition coefficient (Wildman–Crippen LogP) is 3.85. The highest BCUT2D eigenvalue weighted by Crippen LogP contribution is 2.43. The van der Waals surface area contributed by atoms with Crippen LogP contribution in [-0.2, 0) is 11.3 Å². The highest BCUT2D eigenvalue weighted by molar-refractivity contribution is 5.84. The van der Waals surface area contributed by atoms with E-state index in [4.69, 9.17) is 9.47 Å². The molecule has 0 unspecified atom stereocenters. The number of likely N-dealkylation sites (tertiary alicyclic amines) is 2. The van der Waals surface area contributed by atoms with E-state index in [1.165, 1.54) is 32.1 Å². The molecule has 2 heterocycles. The van der Waals surface area contributed by atoms with Crippen molar-refractivity contribution in [3.63, 3.8) is 0 Å². The van der Waals surface area contributed by atoms with Gasteiger partial charge in [-0.3, -0.25) is 9.69 Å². The van der Waals surface area contributed by atoms with Crippen LogP contribution < -0.4 is 9.47 Å². The van der Waals surface area contributed by atoms with Gasteiger partial charge in [0.25, 0.3) is 0 Å². The zero-order valence-corrected chi connectivity index (χ0v) is 17.4. The number of methoxy groups -OCH3 is 2. The second-order valence-corrected chi connectivity index (χ2v) is 8.78. The molecule has 4 rings (SSSR count). The lowest BCUT2D eigenvalue weighted by Crippen LogP contribution is -2.54. The van der Waals surface area contributed by atoms with Gasteiger partial charge in [0.15, 0.2) is 0 Å². The molecular weight excluding hydrogens is 352 g/mol. The molecule has 1 amide bonds. The maximum Gasteiger partial charge on any atom is 0.230 e. The number of amides is 1. The lowest BCUT2D eigenvalue weighted by Gasteiger charge is -2.44. The number of ether oxygens (including phenoxy) is 2. The molecule has 2 saturated heterocycles. The Balaban J connectivity index is 1.48. The minimum absolute atomic E-state index is 0.176. The van der Waals surface area contributed by atoms with Crippen LogP contribution in [0.4, 0.5) is 0 Å². The van der Waals surface area contributed by atoms with E-state index >= 15 is 0 Å². The third kappa shape index (κ3) is 3.61. The molecule has 5 heteroatoms. The van der Waals surface area contributed by atoms with E-state index in [1.54, 1.807) is 14.2 Å². The zero-order chi connectivity index (χ0) is 19.6. The summed E-state index contributed by atoms with van der Waals surface area (Å²) in [4.78, 5) is 18.2. The van der Waals surface area contributed by atoms with Crippen molar-refractivity contribution in [1.82, 2.24) is 9.80 Å². The SMILES string of the molecule is COc1cccc(OC)c1CN1CC[C@]2(CCCN(C3CCCCC3)C2=O)C1. The number of rotatable bonds is 5. The van der Waals surface area contributed by atoms with Gasteiger partial charge >= 0.3 is 0 Å². The number of hydrogen-bond acceptors (Lipinski definition) is 4. The number of nitrogens with zero attached hydrogens (tertiary/aromatic N) is 2. The fourth-order valence-electron chi connectivity index (χ4n) is 5.62. The standard InChI is InChI=1S/C23H34N2O3/c1-27-20-10-6-11-21(28-2)19(20)16-24-15-13-23(17-24)12-7-14-25(22(23)26)18-8-4-3-5-9-18/h6,10-11,18H,3-5,7-9,12-17H2,1-2H3/t23-/m1/s1. The van der Waals surface area contributed by atoms with Crippen LogP contribution in [0, 0.1) is 5.41 Å². The summed E-state index contributed by atoms with van der Waals surface area (Å²) in [6, 6.07) is 6.42. The second-order valence-electron chi connectivity index (χ2n) is 8.78. The average molecular weight is 387 g/mol.